The number of nitrogens with zero attached hydrogens (tertiary/aromatic N) is 2. The molecule has 1 amide bonds. The number of oxime groups is 1. The number of amides is 1. The maximum absolute atomic E-state index is 12.0. The molecule has 9 heteroatoms. The Hall–Kier alpha value is -2.91. The molecule has 0 aliphatic heterocycles. The highest BCUT2D eigenvalue weighted by atomic mass is 32.2. The molecular formula is C17H20N4O4S. The van der Waals surface area contributed by atoms with Gasteiger partial charge in [0.15, 0.2) is 12.4 Å². The molecule has 0 fully saturated rings. The number of amidine groups is 1. The van der Waals surface area contributed by atoms with E-state index in [1.165, 1.54) is 38.4 Å². The summed E-state index contributed by atoms with van der Waals surface area (Å²) in [6.45, 7) is -0.328. The summed E-state index contributed by atoms with van der Waals surface area (Å²) >= 11 is 0. The molecule has 3 N–H and O–H groups in total. The molecule has 0 spiro atoms. The maximum Gasteiger partial charge on any atom is 0.265 e. The van der Waals surface area contributed by atoms with Gasteiger partial charge in [0.1, 0.15) is 0 Å². The summed E-state index contributed by atoms with van der Waals surface area (Å²) in [5.74, 6) is -0.283. The van der Waals surface area contributed by atoms with E-state index in [1.807, 2.05) is 18.2 Å². The first-order chi connectivity index (χ1) is 12.3. The summed E-state index contributed by atoms with van der Waals surface area (Å²) in [6.07, 6.45) is 0. The van der Waals surface area contributed by atoms with Crippen LogP contribution in [0.3, 0.4) is 0 Å². The van der Waals surface area contributed by atoms with Gasteiger partial charge in [-0.05, 0) is 24.3 Å². The van der Waals surface area contributed by atoms with E-state index in [0.29, 0.717) is 11.3 Å². The number of carbonyl (C=O) groups is 1. The van der Waals surface area contributed by atoms with Crippen molar-refractivity contribution in [1.82, 2.24) is 4.31 Å². The van der Waals surface area contributed by atoms with Crippen LogP contribution >= 0.6 is 0 Å². The average Bonchev–Trinajstić information content (AvgIpc) is 2.62. The standard InChI is InChI=1S/C17H20N4O4S/c1-21(2)26(23,24)15-10-8-14(9-11-15)19-16(22)12-25-20-17(18)13-6-4-3-5-7-13/h3-11H,12H2,1-2H3,(H2,18,20)(H,19,22). The minimum atomic E-state index is -3.51. The lowest BCUT2D eigenvalue weighted by molar-refractivity contribution is -0.120. The molecule has 0 bridgehead atoms. The van der Waals surface area contributed by atoms with Crippen molar-refractivity contribution < 1.29 is 18.0 Å². The van der Waals surface area contributed by atoms with Crippen molar-refractivity contribution in [2.24, 2.45) is 10.9 Å². The zero-order chi connectivity index (χ0) is 19.2. The molecule has 2 aromatic rings. The predicted octanol–water partition coefficient (Wildman–Crippen LogP) is 1.21. The van der Waals surface area contributed by atoms with Crippen LogP contribution in [0.1, 0.15) is 5.56 Å². The van der Waals surface area contributed by atoms with Gasteiger partial charge in [-0.25, -0.2) is 12.7 Å². The fraction of sp³-hybridized carbons (Fsp3) is 0.176. The highest BCUT2D eigenvalue weighted by molar-refractivity contribution is 7.89. The second-order valence-corrected chi connectivity index (χ2v) is 7.63. The van der Waals surface area contributed by atoms with E-state index >= 15 is 0 Å². The van der Waals surface area contributed by atoms with Crippen LogP contribution < -0.4 is 11.1 Å². The monoisotopic (exact) mass is 376 g/mol. The van der Waals surface area contributed by atoms with Crippen LogP contribution in [0.4, 0.5) is 5.69 Å². The van der Waals surface area contributed by atoms with E-state index in [4.69, 9.17) is 10.6 Å². The number of carbonyl (C=O) groups excluding carboxylic acids is 1. The third-order valence-electron chi connectivity index (χ3n) is 3.34. The molecule has 0 aliphatic carbocycles. The van der Waals surface area contributed by atoms with Gasteiger partial charge in [-0.2, -0.15) is 0 Å². The Balaban J connectivity index is 1.90. The summed E-state index contributed by atoms with van der Waals surface area (Å²) < 4.78 is 25.1. The zero-order valence-corrected chi connectivity index (χ0v) is 15.2. The van der Waals surface area contributed by atoms with E-state index in [0.717, 1.165) is 4.31 Å². The van der Waals surface area contributed by atoms with Crippen molar-refractivity contribution in [3.8, 4) is 0 Å². The van der Waals surface area contributed by atoms with Crippen LogP contribution in [0.5, 0.6) is 0 Å². The number of hydrogen-bond acceptors (Lipinski definition) is 5. The minimum absolute atomic E-state index is 0.136. The van der Waals surface area contributed by atoms with Crippen molar-refractivity contribution in [1.29, 1.82) is 0 Å². The summed E-state index contributed by atoms with van der Waals surface area (Å²) in [7, 11) is -0.611. The lowest BCUT2D eigenvalue weighted by Gasteiger charge is -2.11. The Kier molecular flexibility index (Phi) is 6.31. The largest absolute Gasteiger partial charge is 0.384 e. The zero-order valence-electron chi connectivity index (χ0n) is 14.4. The van der Waals surface area contributed by atoms with Gasteiger partial charge >= 0.3 is 0 Å². The molecule has 0 aliphatic rings. The van der Waals surface area contributed by atoms with Crippen LogP contribution in [0.25, 0.3) is 0 Å². The van der Waals surface area contributed by atoms with Crippen LogP contribution in [-0.4, -0.2) is 45.2 Å². The van der Waals surface area contributed by atoms with Crippen LogP contribution in [0.15, 0.2) is 64.6 Å². The molecular weight excluding hydrogens is 356 g/mol. The van der Waals surface area contributed by atoms with Gasteiger partial charge in [0.2, 0.25) is 10.0 Å². The number of benzene rings is 2. The normalized spacial score (nSPS) is 12.0. The SMILES string of the molecule is CN(C)S(=O)(=O)c1ccc(NC(=O)CO/N=C(\N)c2ccccc2)cc1. The molecule has 138 valence electrons. The fourth-order valence-electron chi connectivity index (χ4n) is 1.94. The molecule has 2 rings (SSSR count). The molecule has 0 unspecified atom stereocenters. The lowest BCUT2D eigenvalue weighted by Crippen LogP contribution is -2.22. The molecule has 0 aromatic heterocycles. The summed E-state index contributed by atoms with van der Waals surface area (Å²) in [4.78, 5) is 16.9. The Morgan fingerprint density at radius 1 is 1.12 bits per heavy atom. The maximum atomic E-state index is 12.0. The molecule has 8 nitrogen and oxygen atoms in total. The van der Waals surface area contributed by atoms with Gasteiger partial charge in [-0.1, -0.05) is 35.5 Å². The number of rotatable bonds is 7. The Bertz CT molecular complexity index is 879. The average molecular weight is 376 g/mol. The summed E-state index contributed by atoms with van der Waals surface area (Å²) in [6, 6.07) is 14.8. The Labute approximate surface area is 152 Å². The highest BCUT2D eigenvalue weighted by Crippen LogP contribution is 2.16. The van der Waals surface area contributed by atoms with Gasteiger partial charge in [0.05, 0.1) is 4.90 Å². The van der Waals surface area contributed by atoms with Gasteiger partial charge in [-0.15, -0.1) is 0 Å². The number of nitrogens with one attached hydrogen (secondary N) is 1. The molecule has 0 saturated carbocycles. The Morgan fingerprint density at radius 2 is 1.73 bits per heavy atom. The molecule has 2 aromatic carbocycles. The third kappa shape index (κ3) is 5.04. The van der Waals surface area contributed by atoms with E-state index in [1.54, 1.807) is 12.1 Å². The van der Waals surface area contributed by atoms with Gasteiger partial charge in [0, 0.05) is 25.3 Å². The van der Waals surface area contributed by atoms with E-state index in [-0.39, 0.29) is 17.3 Å². The summed E-state index contributed by atoms with van der Waals surface area (Å²) in [5.41, 5.74) is 6.87. The fourth-order valence-corrected chi connectivity index (χ4v) is 2.84. The third-order valence-corrected chi connectivity index (χ3v) is 5.17. The topological polar surface area (TPSA) is 114 Å². The van der Waals surface area contributed by atoms with Crippen molar-refractivity contribution in [2.45, 2.75) is 4.90 Å². The summed E-state index contributed by atoms with van der Waals surface area (Å²) in [5, 5.41) is 6.27. The van der Waals surface area contributed by atoms with Crippen LogP contribution in [-0.2, 0) is 19.7 Å². The number of nitrogens with two attached hydrogens (primary N) is 1. The predicted molar refractivity (Wildman–Crippen MR) is 99.1 cm³/mol. The van der Waals surface area contributed by atoms with Crippen molar-refractivity contribution >= 4 is 27.5 Å². The van der Waals surface area contributed by atoms with Crippen LogP contribution in [0, 0.1) is 0 Å². The van der Waals surface area contributed by atoms with Gasteiger partial charge in [0.25, 0.3) is 5.91 Å². The van der Waals surface area contributed by atoms with Crippen molar-refractivity contribution in [3.05, 3.63) is 60.2 Å². The van der Waals surface area contributed by atoms with Gasteiger partial charge in [-0.3, -0.25) is 4.79 Å². The smallest absolute Gasteiger partial charge is 0.265 e. The lowest BCUT2D eigenvalue weighted by atomic mass is 10.2. The molecule has 0 saturated heterocycles. The Morgan fingerprint density at radius 3 is 2.31 bits per heavy atom. The first kappa shape index (κ1) is 19.4. The van der Waals surface area contributed by atoms with Crippen LogP contribution in [0.2, 0.25) is 0 Å². The first-order valence-corrected chi connectivity index (χ1v) is 9.08. The van der Waals surface area contributed by atoms with E-state index in [9.17, 15) is 13.2 Å². The molecule has 26 heavy (non-hydrogen) atoms. The quantitative estimate of drug-likeness (QED) is 0.428. The number of sulfonamides is 1. The highest BCUT2D eigenvalue weighted by Gasteiger charge is 2.16. The van der Waals surface area contributed by atoms with E-state index < -0.39 is 15.9 Å². The number of anilines is 1. The van der Waals surface area contributed by atoms with Crippen molar-refractivity contribution in [3.63, 3.8) is 0 Å². The second-order valence-electron chi connectivity index (χ2n) is 5.48. The molecule has 0 radical (unpaired) electrons. The minimum Gasteiger partial charge on any atom is -0.384 e. The number of hydrogen-bond donors (Lipinski definition) is 2. The van der Waals surface area contributed by atoms with Gasteiger partial charge < -0.3 is 15.9 Å². The van der Waals surface area contributed by atoms with Crippen molar-refractivity contribution in [2.75, 3.05) is 26.0 Å². The first-order valence-electron chi connectivity index (χ1n) is 7.64. The second kappa shape index (κ2) is 8.45. The molecule has 0 atom stereocenters. The molecule has 0 heterocycles. The van der Waals surface area contributed by atoms with E-state index in [2.05, 4.69) is 10.5 Å².